The summed E-state index contributed by atoms with van der Waals surface area (Å²) in [5.41, 5.74) is 1.62. The second-order valence-corrected chi connectivity index (χ2v) is 6.82. The van der Waals surface area contributed by atoms with Crippen LogP contribution >= 0.6 is 15.9 Å². The van der Waals surface area contributed by atoms with Crippen molar-refractivity contribution < 1.29 is 19.4 Å². The summed E-state index contributed by atoms with van der Waals surface area (Å²) in [5, 5.41) is 20.5. The van der Waals surface area contributed by atoms with E-state index < -0.39 is 5.91 Å². The summed E-state index contributed by atoms with van der Waals surface area (Å²) in [5.74, 6) is -0.431. The van der Waals surface area contributed by atoms with Gasteiger partial charge in [0.05, 0.1) is 19.0 Å². The van der Waals surface area contributed by atoms with Gasteiger partial charge < -0.3 is 20.1 Å². The van der Waals surface area contributed by atoms with Crippen molar-refractivity contribution in [3.63, 3.8) is 0 Å². The molecule has 0 fully saturated rings. The molecule has 0 spiro atoms. The van der Waals surface area contributed by atoms with Crippen LogP contribution in [0.4, 0.5) is 5.69 Å². The number of benzene rings is 2. The van der Waals surface area contributed by atoms with Gasteiger partial charge in [-0.3, -0.25) is 9.59 Å². The lowest BCUT2D eigenvalue weighted by Gasteiger charge is -2.04. The molecule has 2 aromatic carbocycles. The van der Waals surface area contributed by atoms with Gasteiger partial charge >= 0.3 is 0 Å². The number of aromatic nitrogens is 1. The minimum atomic E-state index is -0.633. The third-order valence-electron chi connectivity index (χ3n) is 3.94. The summed E-state index contributed by atoms with van der Waals surface area (Å²) < 4.78 is 5.86. The van der Waals surface area contributed by atoms with E-state index in [1.165, 1.54) is 0 Å². The average molecular weight is 445 g/mol. The highest BCUT2D eigenvalue weighted by atomic mass is 79.9. The number of nitrogens with one attached hydrogen (secondary N) is 2. The smallest absolute Gasteiger partial charge is 0.283 e. The van der Waals surface area contributed by atoms with Gasteiger partial charge in [0.15, 0.2) is 5.69 Å². The number of ether oxygens (including phenoxy) is 1. The van der Waals surface area contributed by atoms with E-state index in [-0.39, 0.29) is 30.4 Å². The van der Waals surface area contributed by atoms with Crippen LogP contribution in [0.2, 0.25) is 0 Å². The Morgan fingerprint density at radius 1 is 1.21 bits per heavy atom. The molecule has 0 saturated heterocycles. The molecule has 2 amide bonds. The van der Waals surface area contributed by atoms with E-state index in [0.717, 1.165) is 10.0 Å². The number of fused-ring (bicyclic) bond motifs is 1. The van der Waals surface area contributed by atoms with E-state index >= 15 is 0 Å². The summed E-state index contributed by atoms with van der Waals surface area (Å²) >= 11 is 3.34. The van der Waals surface area contributed by atoms with Gasteiger partial charge in [0.25, 0.3) is 5.91 Å². The van der Waals surface area contributed by atoms with Crippen molar-refractivity contribution in [2.75, 3.05) is 13.7 Å². The Morgan fingerprint density at radius 3 is 2.68 bits per heavy atom. The molecule has 0 aliphatic rings. The summed E-state index contributed by atoms with van der Waals surface area (Å²) in [7, 11) is 1.57. The molecule has 0 aliphatic carbocycles. The molecule has 0 atom stereocenters. The van der Waals surface area contributed by atoms with E-state index in [2.05, 4.69) is 36.5 Å². The van der Waals surface area contributed by atoms with E-state index in [4.69, 9.17) is 4.74 Å². The summed E-state index contributed by atoms with van der Waals surface area (Å²) in [6, 6.07) is 12.4. The van der Waals surface area contributed by atoms with Gasteiger partial charge in [-0.1, -0.05) is 28.1 Å². The van der Waals surface area contributed by atoms with Crippen LogP contribution in [0, 0.1) is 0 Å². The number of amides is 2. The predicted molar refractivity (Wildman–Crippen MR) is 107 cm³/mol. The Hall–Kier alpha value is -3.20. The van der Waals surface area contributed by atoms with Crippen LogP contribution in [-0.2, 0) is 16.0 Å². The van der Waals surface area contributed by atoms with E-state index in [0.29, 0.717) is 16.7 Å². The molecule has 3 N–H and O–H groups in total. The number of hydrogen-bond acceptors (Lipinski definition) is 5. The zero-order valence-corrected chi connectivity index (χ0v) is 16.5. The molecule has 1 heterocycles. The van der Waals surface area contributed by atoms with Crippen molar-refractivity contribution in [2.45, 2.75) is 6.42 Å². The van der Waals surface area contributed by atoms with E-state index in [9.17, 15) is 14.7 Å². The van der Waals surface area contributed by atoms with E-state index in [1.54, 1.807) is 43.5 Å². The SMILES string of the molecule is COc1ccc(CC(=O)NCC(=O)N=Nc2c(O)[nH]c3ccc(Br)cc23)cc1. The predicted octanol–water partition coefficient (Wildman–Crippen LogP) is 3.61. The van der Waals surface area contributed by atoms with Gasteiger partial charge in [-0.2, -0.15) is 0 Å². The quantitative estimate of drug-likeness (QED) is 0.503. The lowest BCUT2D eigenvalue weighted by Crippen LogP contribution is -2.29. The Kier molecular flexibility index (Phi) is 6.05. The maximum atomic E-state index is 12.0. The molecule has 1 aromatic heterocycles. The topological polar surface area (TPSA) is 116 Å². The van der Waals surface area contributed by atoms with Gasteiger partial charge in [0.1, 0.15) is 12.3 Å². The van der Waals surface area contributed by atoms with Gasteiger partial charge in [-0.15, -0.1) is 10.2 Å². The Balaban J connectivity index is 1.57. The minimum absolute atomic E-state index is 0.131. The number of azo groups is 1. The van der Waals surface area contributed by atoms with Gasteiger partial charge in [-0.05, 0) is 35.9 Å². The number of hydrogen-bond donors (Lipinski definition) is 3. The van der Waals surface area contributed by atoms with Crippen molar-refractivity contribution in [2.24, 2.45) is 10.2 Å². The second kappa shape index (κ2) is 8.66. The number of halogens is 1. The molecular weight excluding hydrogens is 428 g/mol. The Bertz CT molecular complexity index is 1040. The molecule has 144 valence electrons. The first-order valence-electron chi connectivity index (χ1n) is 8.30. The number of methoxy groups -OCH3 is 1. The van der Waals surface area contributed by atoms with Crippen molar-refractivity contribution >= 4 is 44.3 Å². The lowest BCUT2D eigenvalue weighted by molar-refractivity contribution is -0.124. The van der Waals surface area contributed by atoms with E-state index in [1.807, 2.05) is 6.07 Å². The summed E-state index contributed by atoms with van der Waals surface area (Å²) in [6.45, 7) is -0.286. The first-order chi connectivity index (χ1) is 13.5. The Morgan fingerprint density at radius 2 is 1.96 bits per heavy atom. The highest BCUT2D eigenvalue weighted by Crippen LogP contribution is 2.36. The van der Waals surface area contributed by atoms with Crippen LogP contribution in [0.1, 0.15) is 5.56 Å². The second-order valence-electron chi connectivity index (χ2n) is 5.91. The number of aromatic hydroxyl groups is 1. The fourth-order valence-electron chi connectivity index (χ4n) is 2.54. The number of H-pyrrole nitrogens is 1. The fourth-order valence-corrected chi connectivity index (χ4v) is 2.90. The maximum absolute atomic E-state index is 12.0. The minimum Gasteiger partial charge on any atom is -0.497 e. The van der Waals surface area contributed by atoms with Crippen LogP contribution in [0.5, 0.6) is 11.6 Å². The van der Waals surface area contributed by atoms with Gasteiger partial charge in [0, 0.05) is 9.86 Å². The molecule has 0 bridgehead atoms. The number of carbonyl (C=O) groups excluding carboxylic acids is 2. The van der Waals surface area contributed by atoms with Crippen LogP contribution in [0.3, 0.4) is 0 Å². The first-order valence-corrected chi connectivity index (χ1v) is 9.10. The Labute approximate surface area is 168 Å². The van der Waals surface area contributed by atoms with Crippen molar-refractivity contribution in [1.82, 2.24) is 10.3 Å². The molecule has 8 nitrogen and oxygen atoms in total. The number of carbonyl (C=O) groups is 2. The largest absolute Gasteiger partial charge is 0.497 e. The summed E-state index contributed by atoms with van der Waals surface area (Å²) in [6.07, 6.45) is 0.131. The molecule has 3 aromatic rings. The summed E-state index contributed by atoms with van der Waals surface area (Å²) in [4.78, 5) is 26.6. The third-order valence-corrected chi connectivity index (χ3v) is 4.43. The standard InChI is InChI=1S/C19H17BrN4O4/c1-28-13-5-2-11(3-6-13)8-16(25)21-10-17(26)23-24-18-14-9-12(20)4-7-15(14)22-19(18)27/h2-7,9,22,27H,8,10H2,1H3,(H,21,25). The number of rotatable bonds is 6. The molecule has 0 aliphatic heterocycles. The van der Waals surface area contributed by atoms with Gasteiger partial charge in [-0.25, -0.2) is 0 Å². The molecule has 0 unspecified atom stereocenters. The zero-order valence-electron chi connectivity index (χ0n) is 14.9. The van der Waals surface area contributed by atoms with Crippen LogP contribution in [0.15, 0.2) is 57.2 Å². The molecule has 0 radical (unpaired) electrons. The third kappa shape index (κ3) is 4.74. The number of nitrogens with zero attached hydrogens (tertiary/aromatic N) is 2. The van der Waals surface area contributed by atoms with Gasteiger partial charge in [0.2, 0.25) is 11.8 Å². The van der Waals surface area contributed by atoms with Crippen LogP contribution < -0.4 is 10.1 Å². The number of aromatic amines is 1. The van der Waals surface area contributed by atoms with Crippen molar-refractivity contribution in [1.29, 1.82) is 0 Å². The first kappa shape index (κ1) is 19.6. The van der Waals surface area contributed by atoms with Crippen molar-refractivity contribution in [3.8, 4) is 11.6 Å². The zero-order chi connectivity index (χ0) is 20.1. The fraction of sp³-hybridized carbons (Fsp3) is 0.158. The molecule has 0 saturated carbocycles. The monoisotopic (exact) mass is 444 g/mol. The molecule has 9 heteroatoms. The molecule has 28 heavy (non-hydrogen) atoms. The lowest BCUT2D eigenvalue weighted by atomic mass is 10.1. The average Bonchev–Trinajstić information content (AvgIpc) is 2.99. The van der Waals surface area contributed by atoms with Crippen LogP contribution in [-0.4, -0.2) is 35.6 Å². The molecule has 3 rings (SSSR count). The maximum Gasteiger partial charge on any atom is 0.283 e. The van der Waals surface area contributed by atoms with Crippen molar-refractivity contribution in [3.05, 3.63) is 52.5 Å². The normalized spacial score (nSPS) is 11.1. The molecular formula is C19H17BrN4O4. The highest BCUT2D eigenvalue weighted by Gasteiger charge is 2.12. The van der Waals surface area contributed by atoms with Crippen LogP contribution in [0.25, 0.3) is 10.9 Å². The highest BCUT2D eigenvalue weighted by molar-refractivity contribution is 9.10.